The van der Waals surface area contributed by atoms with E-state index in [2.05, 4.69) is 4.98 Å². The van der Waals surface area contributed by atoms with Gasteiger partial charge in [-0.2, -0.15) is 0 Å². The number of Topliss-reactive ketones (excluding diaryl/α,β-unsaturated/α-hetero) is 1. The number of nitrogens with zero attached hydrogens (tertiary/aromatic N) is 2. The van der Waals surface area contributed by atoms with E-state index >= 15 is 0 Å². The summed E-state index contributed by atoms with van der Waals surface area (Å²) in [6.07, 6.45) is 1.49. The Kier molecular flexibility index (Phi) is 5.42. The number of aliphatic hydroxyl groups excluding tert-OH is 1. The first-order valence-electron chi connectivity index (χ1n) is 10.8. The van der Waals surface area contributed by atoms with E-state index in [1.807, 2.05) is 62.4 Å². The van der Waals surface area contributed by atoms with Crippen LogP contribution in [0.1, 0.15) is 38.3 Å². The molecular formula is C27H22N2O4S. The summed E-state index contributed by atoms with van der Waals surface area (Å²) in [6, 6.07) is 17.7. The van der Waals surface area contributed by atoms with Gasteiger partial charge in [0.2, 0.25) is 5.78 Å². The van der Waals surface area contributed by atoms with Gasteiger partial charge in [-0.3, -0.25) is 14.5 Å². The van der Waals surface area contributed by atoms with Crippen molar-refractivity contribution in [1.82, 2.24) is 4.98 Å². The molecule has 1 N–H and O–H groups in total. The molecule has 0 fully saturated rings. The number of aryl methyl sites for hydroxylation is 2. The SMILES string of the molecule is Cc1cccc(N2C(=O)C(O)=C(C(=O)c3sc(-c4ccccc4)nc3C)C2c2ccco2)c1C. The van der Waals surface area contributed by atoms with E-state index < -0.39 is 23.5 Å². The van der Waals surface area contributed by atoms with Gasteiger partial charge in [-0.05, 0) is 50.1 Å². The molecule has 6 nitrogen and oxygen atoms in total. The van der Waals surface area contributed by atoms with E-state index in [1.54, 1.807) is 19.1 Å². The maximum Gasteiger partial charge on any atom is 0.294 e. The van der Waals surface area contributed by atoms with Crippen molar-refractivity contribution in [2.45, 2.75) is 26.8 Å². The smallest absolute Gasteiger partial charge is 0.294 e. The number of hydrogen-bond acceptors (Lipinski definition) is 6. The maximum absolute atomic E-state index is 13.8. The Morgan fingerprint density at radius 3 is 2.50 bits per heavy atom. The van der Waals surface area contributed by atoms with Crippen LogP contribution >= 0.6 is 11.3 Å². The first kappa shape index (κ1) is 21.9. The van der Waals surface area contributed by atoms with Crippen LogP contribution in [0.3, 0.4) is 0 Å². The fourth-order valence-electron chi connectivity index (χ4n) is 4.23. The number of amides is 1. The van der Waals surface area contributed by atoms with Crippen LogP contribution in [0.25, 0.3) is 10.6 Å². The summed E-state index contributed by atoms with van der Waals surface area (Å²) in [6.45, 7) is 5.62. The highest BCUT2D eigenvalue weighted by Gasteiger charge is 2.47. The number of furan rings is 1. The molecule has 1 atom stereocenters. The lowest BCUT2D eigenvalue weighted by Gasteiger charge is -2.27. The summed E-state index contributed by atoms with van der Waals surface area (Å²) in [4.78, 5) is 33.6. The van der Waals surface area contributed by atoms with Crippen molar-refractivity contribution < 1.29 is 19.1 Å². The molecule has 0 saturated carbocycles. The zero-order valence-corrected chi connectivity index (χ0v) is 19.7. The summed E-state index contributed by atoms with van der Waals surface area (Å²) in [7, 11) is 0. The van der Waals surface area contributed by atoms with Crippen LogP contribution in [0, 0.1) is 20.8 Å². The van der Waals surface area contributed by atoms with Gasteiger partial charge < -0.3 is 9.52 Å². The van der Waals surface area contributed by atoms with Gasteiger partial charge in [0, 0.05) is 11.3 Å². The van der Waals surface area contributed by atoms with Crippen molar-refractivity contribution in [1.29, 1.82) is 0 Å². The van der Waals surface area contributed by atoms with Crippen LogP contribution in [-0.2, 0) is 4.79 Å². The van der Waals surface area contributed by atoms with Gasteiger partial charge >= 0.3 is 0 Å². The van der Waals surface area contributed by atoms with Crippen LogP contribution in [0.4, 0.5) is 5.69 Å². The van der Waals surface area contributed by atoms with E-state index in [0.29, 0.717) is 27.0 Å². The van der Waals surface area contributed by atoms with Gasteiger partial charge in [-0.25, -0.2) is 4.98 Å². The van der Waals surface area contributed by atoms with Crippen LogP contribution in [0.2, 0.25) is 0 Å². The zero-order chi connectivity index (χ0) is 24.0. The third-order valence-corrected chi connectivity index (χ3v) is 7.33. The Labute approximate surface area is 200 Å². The lowest BCUT2D eigenvalue weighted by atomic mass is 9.98. The molecule has 5 rings (SSSR count). The highest BCUT2D eigenvalue weighted by atomic mass is 32.1. The first-order chi connectivity index (χ1) is 16.4. The largest absolute Gasteiger partial charge is 0.503 e. The lowest BCUT2D eigenvalue weighted by molar-refractivity contribution is -0.117. The minimum Gasteiger partial charge on any atom is -0.503 e. The second-order valence-corrected chi connectivity index (χ2v) is 9.20. The molecule has 1 unspecified atom stereocenters. The number of rotatable bonds is 5. The Balaban J connectivity index is 1.63. The second kappa shape index (κ2) is 8.43. The lowest BCUT2D eigenvalue weighted by Crippen LogP contribution is -2.31. The predicted molar refractivity (Wildman–Crippen MR) is 131 cm³/mol. The molecule has 4 aromatic rings. The quantitative estimate of drug-likeness (QED) is 0.356. The van der Waals surface area contributed by atoms with E-state index in [4.69, 9.17) is 4.42 Å². The average Bonchev–Trinajstić information content (AvgIpc) is 3.56. The minimum absolute atomic E-state index is 0.00721. The van der Waals surface area contributed by atoms with Crippen molar-refractivity contribution in [3.8, 4) is 10.6 Å². The molecule has 0 aliphatic carbocycles. The van der Waals surface area contributed by atoms with Crippen molar-refractivity contribution in [3.63, 3.8) is 0 Å². The monoisotopic (exact) mass is 470 g/mol. The fraction of sp³-hybridized carbons (Fsp3) is 0.148. The zero-order valence-electron chi connectivity index (χ0n) is 18.9. The molecule has 1 aliphatic rings. The Bertz CT molecular complexity index is 1430. The summed E-state index contributed by atoms with van der Waals surface area (Å²) >= 11 is 1.25. The van der Waals surface area contributed by atoms with Crippen molar-refractivity contribution in [2.24, 2.45) is 0 Å². The topological polar surface area (TPSA) is 83.6 Å². The molecule has 0 spiro atoms. The number of ketones is 1. The van der Waals surface area contributed by atoms with Crippen LogP contribution in [0.15, 0.2) is 82.7 Å². The van der Waals surface area contributed by atoms with Crippen LogP contribution < -0.4 is 4.90 Å². The third kappa shape index (κ3) is 3.45. The molecule has 0 radical (unpaired) electrons. The number of anilines is 1. The van der Waals surface area contributed by atoms with Gasteiger partial charge in [0.05, 0.1) is 22.4 Å². The molecular weight excluding hydrogens is 448 g/mol. The summed E-state index contributed by atoms with van der Waals surface area (Å²) in [5, 5.41) is 11.7. The van der Waals surface area contributed by atoms with E-state index in [1.165, 1.54) is 22.5 Å². The molecule has 170 valence electrons. The maximum atomic E-state index is 13.8. The molecule has 1 aliphatic heterocycles. The predicted octanol–water partition coefficient (Wildman–Crippen LogP) is 6.11. The number of benzene rings is 2. The molecule has 1 amide bonds. The normalized spacial score (nSPS) is 15.9. The number of carbonyl (C=O) groups excluding carboxylic acids is 2. The molecule has 7 heteroatoms. The van der Waals surface area contributed by atoms with Crippen molar-refractivity contribution >= 4 is 28.7 Å². The number of hydrogen-bond donors (Lipinski definition) is 1. The number of carbonyl (C=O) groups is 2. The average molecular weight is 471 g/mol. The molecule has 0 bridgehead atoms. The minimum atomic E-state index is -0.892. The molecule has 3 heterocycles. The van der Waals surface area contributed by atoms with Crippen molar-refractivity contribution in [3.05, 3.63) is 106 Å². The van der Waals surface area contributed by atoms with E-state index in [9.17, 15) is 14.7 Å². The van der Waals surface area contributed by atoms with Crippen LogP contribution in [-0.4, -0.2) is 21.8 Å². The highest BCUT2D eigenvalue weighted by molar-refractivity contribution is 7.17. The first-order valence-corrected chi connectivity index (χ1v) is 11.6. The highest BCUT2D eigenvalue weighted by Crippen LogP contribution is 2.44. The Morgan fingerprint density at radius 2 is 1.79 bits per heavy atom. The molecule has 2 aromatic carbocycles. The number of thiazole rings is 1. The second-order valence-electron chi connectivity index (χ2n) is 8.20. The summed E-state index contributed by atoms with van der Waals surface area (Å²) in [5.41, 5.74) is 3.93. The Morgan fingerprint density at radius 1 is 1.03 bits per heavy atom. The van der Waals surface area contributed by atoms with Gasteiger partial charge in [-0.15, -0.1) is 11.3 Å². The van der Waals surface area contributed by atoms with Crippen LogP contribution in [0.5, 0.6) is 0 Å². The van der Waals surface area contributed by atoms with Gasteiger partial charge in [-0.1, -0.05) is 42.5 Å². The third-order valence-electron chi connectivity index (χ3n) is 6.12. The number of aromatic nitrogens is 1. The van der Waals surface area contributed by atoms with Crippen molar-refractivity contribution in [2.75, 3.05) is 4.90 Å². The van der Waals surface area contributed by atoms with Gasteiger partial charge in [0.25, 0.3) is 5.91 Å². The van der Waals surface area contributed by atoms with E-state index in [-0.39, 0.29) is 5.57 Å². The molecule has 2 aromatic heterocycles. The standard InChI is InChI=1S/C27H22N2O4S/c1-15-9-7-12-19(16(15)2)29-22(20-13-8-14-33-20)21(24(31)27(29)32)23(30)25-17(3)28-26(34-25)18-10-5-4-6-11-18/h4-14,22,31H,1-3H3. The van der Waals surface area contributed by atoms with E-state index in [0.717, 1.165) is 16.7 Å². The summed E-state index contributed by atoms with van der Waals surface area (Å²) in [5.74, 6) is -1.24. The van der Waals surface area contributed by atoms with Gasteiger partial charge in [0.15, 0.2) is 5.76 Å². The fourth-order valence-corrected chi connectivity index (χ4v) is 5.26. The van der Waals surface area contributed by atoms with Gasteiger partial charge in [0.1, 0.15) is 16.8 Å². The number of aliphatic hydroxyl groups is 1. The molecule has 0 saturated heterocycles. The molecule has 34 heavy (non-hydrogen) atoms. The summed E-state index contributed by atoms with van der Waals surface area (Å²) < 4.78 is 5.65. The Hall–Kier alpha value is -3.97.